The van der Waals surface area contributed by atoms with Gasteiger partial charge in [0.05, 0.1) is 18.7 Å². The molecule has 4 heteroatoms. The van der Waals surface area contributed by atoms with Crippen LogP contribution in [0.15, 0.2) is 24.3 Å². The lowest BCUT2D eigenvalue weighted by Crippen LogP contribution is -2.58. The van der Waals surface area contributed by atoms with E-state index in [2.05, 4.69) is 63.8 Å². The summed E-state index contributed by atoms with van der Waals surface area (Å²) < 4.78 is 5.33. The third-order valence-electron chi connectivity index (χ3n) is 4.66. The predicted molar refractivity (Wildman–Crippen MR) is 99.8 cm³/mol. The number of carbonyl (C=O) groups is 1. The molecule has 2 atom stereocenters. The lowest BCUT2D eigenvalue weighted by atomic mass is 9.87. The molecular formula is C20H32N2O2. The first kappa shape index (κ1) is 18.6. The van der Waals surface area contributed by atoms with Gasteiger partial charge in [-0.15, -0.1) is 0 Å². The molecule has 1 amide bonds. The van der Waals surface area contributed by atoms with Crippen LogP contribution in [0, 0.1) is 0 Å². The number of ether oxygens (including phenoxy) is 1. The van der Waals surface area contributed by atoms with Crippen LogP contribution in [-0.2, 0) is 10.2 Å². The molecule has 0 aliphatic carbocycles. The van der Waals surface area contributed by atoms with E-state index in [4.69, 9.17) is 4.74 Å². The average Bonchev–Trinajstić information content (AvgIpc) is 2.51. The molecule has 1 heterocycles. The zero-order chi connectivity index (χ0) is 17.9. The molecule has 0 aromatic heterocycles. The topological polar surface area (TPSA) is 32.8 Å². The van der Waals surface area contributed by atoms with Crippen molar-refractivity contribution in [3.8, 4) is 0 Å². The Hall–Kier alpha value is -1.71. The first-order chi connectivity index (χ1) is 11.2. The highest BCUT2D eigenvalue weighted by molar-refractivity contribution is 5.69. The Morgan fingerprint density at radius 3 is 2.12 bits per heavy atom. The molecule has 4 nitrogen and oxygen atoms in total. The summed E-state index contributed by atoms with van der Waals surface area (Å²) in [7, 11) is 0. The van der Waals surface area contributed by atoms with Gasteiger partial charge in [-0.3, -0.25) is 4.90 Å². The Morgan fingerprint density at radius 1 is 1.12 bits per heavy atom. The smallest absolute Gasteiger partial charge is 0.410 e. The molecule has 0 N–H and O–H groups in total. The molecule has 0 spiro atoms. The molecule has 1 fully saturated rings. The summed E-state index contributed by atoms with van der Waals surface area (Å²) in [4.78, 5) is 16.5. The van der Waals surface area contributed by atoms with Gasteiger partial charge in [-0.2, -0.15) is 0 Å². The first-order valence-electron chi connectivity index (χ1n) is 9.04. The van der Waals surface area contributed by atoms with E-state index >= 15 is 0 Å². The molecule has 1 aliphatic heterocycles. The summed E-state index contributed by atoms with van der Waals surface area (Å²) in [6.07, 6.45) is 0.675. The van der Waals surface area contributed by atoms with Crippen molar-refractivity contribution in [1.82, 2.24) is 4.90 Å². The van der Waals surface area contributed by atoms with Crippen LogP contribution >= 0.6 is 0 Å². The van der Waals surface area contributed by atoms with E-state index in [1.807, 2.05) is 11.8 Å². The van der Waals surface area contributed by atoms with E-state index in [0.717, 1.165) is 19.5 Å². The zero-order valence-electron chi connectivity index (χ0n) is 16.0. The molecule has 134 valence electrons. The van der Waals surface area contributed by atoms with Crippen LogP contribution < -0.4 is 4.90 Å². The van der Waals surface area contributed by atoms with Gasteiger partial charge in [0.2, 0.25) is 0 Å². The van der Waals surface area contributed by atoms with Gasteiger partial charge >= 0.3 is 6.09 Å². The molecule has 0 unspecified atom stereocenters. The largest absolute Gasteiger partial charge is 0.449 e. The maximum absolute atomic E-state index is 12.3. The number of carbonyl (C=O) groups excluding carboxylic acids is 1. The predicted octanol–water partition coefficient (Wildman–Crippen LogP) is 4.43. The van der Waals surface area contributed by atoms with Crippen molar-refractivity contribution in [1.29, 1.82) is 0 Å². The van der Waals surface area contributed by atoms with Crippen molar-refractivity contribution < 1.29 is 9.53 Å². The van der Waals surface area contributed by atoms with Crippen LogP contribution in [0.5, 0.6) is 0 Å². The minimum absolute atomic E-state index is 0.139. The fourth-order valence-electron chi connectivity index (χ4n) is 3.33. The lowest BCUT2D eigenvalue weighted by Gasteiger charge is -2.44. The highest BCUT2D eigenvalue weighted by Crippen LogP contribution is 2.27. The monoisotopic (exact) mass is 332 g/mol. The molecule has 0 saturated carbocycles. The molecule has 2 rings (SSSR count). The van der Waals surface area contributed by atoms with E-state index < -0.39 is 0 Å². The molecular weight excluding hydrogens is 300 g/mol. The first-order valence-corrected chi connectivity index (χ1v) is 9.04. The van der Waals surface area contributed by atoms with Crippen LogP contribution in [0.25, 0.3) is 0 Å². The maximum atomic E-state index is 12.3. The molecule has 1 saturated heterocycles. The van der Waals surface area contributed by atoms with E-state index in [1.54, 1.807) is 0 Å². The number of hydrogen-bond donors (Lipinski definition) is 0. The lowest BCUT2D eigenvalue weighted by molar-refractivity contribution is 0.0663. The number of amides is 1. The van der Waals surface area contributed by atoms with Crippen molar-refractivity contribution in [2.45, 2.75) is 65.5 Å². The third-order valence-corrected chi connectivity index (χ3v) is 4.66. The van der Waals surface area contributed by atoms with Gasteiger partial charge in [-0.05, 0) is 43.4 Å². The second-order valence-electron chi connectivity index (χ2n) is 7.92. The normalized spacial score (nSPS) is 21.8. The van der Waals surface area contributed by atoms with E-state index in [9.17, 15) is 4.79 Å². The van der Waals surface area contributed by atoms with Gasteiger partial charge < -0.3 is 9.64 Å². The molecule has 1 aromatic carbocycles. The van der Waals surface area contributed by atoms with Crippen LogP contribution in [-0.4, -0.2) is 42.8 Å². The number of anilines is 1. The van der Waals surface area contributed by atoms with Crippen LogP contribution in [0.1, 0.15) is 53.5 Å². The van der Waals surface area contributed by atoms with Crippen molar-refractivity contribution in [2.75, 3.05) is 24.6 Å². The summed E-state index contributed by atoms with van der Waals surface area (Å²) in [6, 6.07) is 9.11. The van der Waals surface area contributed by atoms with Gasteiger partial charge in [0.25, 0.3) is 0 Å². The standard InChI is InChI=1S/C20H32N2O2/c1-7-12-24-19(23)22-15(2)13-21(14-16(22)3)18-10-8-17(9-11-18)20(4,5)6/h8-11,15-16H,7,12-14H2,1-6H3/t15-,16+. The molecule has 0 bridgehead atoms. The quantitative estimate of drug-likeness (QED) is 0.821. The summed E-state index contributed by atoms with van der Waals surface area (Å²) in [5, 5.41) is 0. The van der Waals surface area contributed by atoms with Crippen molar-refractivity contribution >= 4 is 11.8 Å². The van der Waals surface area contributed by atoms with Crippen molar-refractivity contribution in [2.24, 2.45) is 0 Å². The summed E-state index contributed by atoms with van der Waals surface area (Å²) >= 11 is 0. The van der Waals surface area contributed by atoms with Crippen LogP contribution in [0.2, 0.25) is 0 Å². The summed E-state index contributed by atoms with van der Waals surface area (Å²) in [5.74, 6) is 0. The fraction of sp³-hybridized carbons (Fsp3) is 0.650. The molecule has 24 heavy (non-hydrogen) atoms. The number of rotatable bonds is 3. The van der Waals surface area contributed by atoms with Gasteiger partial charge in [-0.1, -0.05) is 39.8 Å². The van der Waals surface area contributed by atoms with Gasteiger partial charge in [0, 0.05) is 18.8 Å². The fourth-order valence-corrected chi connectivity index (χ4v) is 3.33. The van der Waals surface area contributed by atoms with Crippen LogP contribution in [0.4, 0.5) is 10.5 Å². The highest BCUT2D eigenvalue weighted by atomic mass is 16.6. The van der Waals surface area contributed by atoms with Gasteiger partial charge in [-0.25, -0.2) is 4.79 Å². The average molecular weight is 332 g/mol. The minimum Gasteiger partial charge on any atom is -0.449 e. The molecule has 1 aliphatic rings. The second kappa shape index (κ2) is 7.45. The Bertz CT molecular complexity index is 536. The summed E-state index contributed by atoms with van der Waals surface area (Å²) in [6.45, 7) is 15.1. The molecule has 1 aromatic rings. The van der Waals surface area contributed by atoms with E-state index in [1.165, 1.54) is 11.3 Å². The number of benzene rings is 1. The van der Waals surface area contributed by atoms with E-state index in [-0.39, 0.29) is 23.6 Å². The van der Waals surface area contributed by atoms with Gasteiger partial charge in [0.1, 0.15) is 0 Å². The van der Waals surface area contributed by atoms with Crippen molar-refractivity contribution in [3.05, 3.63) is 29.8 Å². The maximum Gasteiger partial charge on any atom is 0.410 e. The van der Waals surface area contributed by atoms with Gasteiger partial charge in [0.15, 0.2) is 0 Å². The Balaban J connectivity index is 2.07. The number of nitrogens with zero attached hydrogens (tertiary/aromatic N) is 2. The number of piperazine rings is 1. The van der Waals surface area contributed by atoms with Crippen molar-refractivity contribution in [3.63, 3.8) is 0 Å². The van der Waals surface area contributed by atoms with Crippen LogP contribution in [0.3, 0.4) is 0 Å². The zero-order valence-corrected chi connectivity index (χ0v) is 16.0. The SMILES string of the molecule is CCCOC(=O)N1[C@H](C)CN(c2ccc(C(C)(C)C)cc2)C[C@@H]1C. The number of hydrogen-bond acceptors (Lipinski definition) is 3. The third kappa shape index (κ3) is 4.22. The highest BCUT2D eigenvalue weighted by Gasteiger charge is 2.34. The minimum atomic E-state index is -0.181. The Kier molecular flexibility index (Phi) is 5.79. The Labute approximate surface area is 146 Å². The summed E-state index contributed by atoms with van der Waals surface area (Å²) in [5.41, 5.74) is 2.73. The second-order valence-corrected chi connectivity index (χ2v) is 7.92. The van der Waals surface area contributed by atoms with E-state index in [0.29, 0.717) is 6.61 Å². The molecule has 0 radical (unpaired) electrons. The Morgan fingerprint density at radius 2 is 1.67 bits per heavy atom.